The summed E-state index contributed by atoms with van der Waals surface area (Å²) in [5, 5.41) is 21.2. The predicted octanol–water partition coefficient (Wildman–Crippen LogP) is 1.92. The van der Waals surface area contributed by atoms with Crippen LogP contribution in [0.5, 0.6) is 5.75 Å². The fourth-order valence-electron chi connectivity index (χ4n) is 3.51. The molecule has 0 aliphatic carbocycles. The molecule has 1 aliphatic rings. The van der Waals surface area contributed by atoms with E-state index in [9.17, 15) is 23.4 Å². The number of carboxylic acid groups (broad SMARTS) is 1. The zero-order chi connectivity index (χ0) is 19.6. The molecule has 1 aromatic heterocycles. The van der Waals surface area contributed by atoms with Crippen LogP contribution in [0.1, 0.15) is 22.8 Å². The van der Waals surface area contributed by atoms with E-state index in [1.54, 1.807) is 0 Å². The Morgan fingerprint density at radius 2 is 2.00 bits per heavy atom. The van der Waals surface area contributed by atoms with Gasteiger partial charge >= 0.3 is 5.97 Å². The average molecular weight is 412 g/mol. The summed E-state index contributed by atoms with van der Waals surface area (Å²) in [6.07, 6.45) is 0.615. The number of carboxylic acids is 1. The number of aliphatic carboxylic acids is 1. The maximum Gasteiger partial charge on any atom is 0.322 e. The number of hydrogen-bond acceptors (Lipinski definition) is 6. The highest BCUT2D eigenvalue weighted by molar-refractivity contribution is 7.89. The number of aliphatic hydroxyl groups is 1. The molecule has 3 rings (SSSR count). The molecule has 0 spiro atoms. The lowest BCUT2D eigenvalue weighted by atomic mass is 9.89. The van der Waals surface area contributed by atoms with E-state index in [4.69, 9.17) is 4.74 Å². The molecule has 2 unspecified atom stereocenters. The molecule has 9 heteroatoms. The van der Waals surface area contributed by atoms with Crippen LogP contribution in [0.15, 0.2) is 40.6 Å². The maximum absolute atomic E-state index is 13.2. The lowest BCUT2D eigenvalue weighted by Crippen LogP contribution is -2.48. The van der Waals surface area contributed by atoms with Gasteiger partial charge in [-0.3, -0.25) is 4.79 Å². The molecule has 7 nitrogen and oxygen atoms in total. The molecule has 27 heavy (non-hydrogen) atoms. The molecule has 2 atom stereocenters. The van der Waals surface area contributed by atoms with Crippen LogP contribution in [0.25, 0.3) is 0 Å². The van der Waals surface area contributed by atoms with Gasteiger partial charge in [0.1, 0.15) is 11.8 Å². The highest BCUT2D eigenvalue weighted by atomic mass is 32.2. The molecule has 2 heterocycles. The average Bonchev–Trinajstić information content (AvgIpc) is 3.05. The van der Waals surface area contributed by atoms with E-state index in [0.717, 1.165) is 14.7 Å². The zero-order valence-electron chi connectivity index (χ0n) is 14.7. The zero-order valence-corrected chi connectivity index (χ0v) is 16.4. The molecular formula is C18H21NO6S2. The molecular weight excluding hydrogens is 390 g/mol. The summed E-state index contributed by atoms with van der Waals surface area (Å²) in [6, 6.07) is 6.44. The molecule has 1 aliphatic heterocycles. The van der Waals surface area contributed by atoms with Crippen molar-refractivity contribution in [1.29, 1.82) is 0 Å². The Bertz CT molecular complexity index is 906. The van der Waals surface area contributed by atoms with Gasteiger partial charge in [-0.25, -0.2) is 8.42 Å². The number of fused-ring (bicyclic) bond motifs is 1. The summed E-state index contributed by atoms with van der Waals surface area (Å²) in [5.41, 5.74) is 0.814. The highest BCUT2D eigenvalue weighted by Crippen LogP contribution is 2.38. The third-order valence-electron chi connectivity index (χ3n) is 4.79. The first kappa shape index (κ1) is 19.8. The second kappa shape index (κ2) is 7.97. The number of benzene rings is 1. The summed E-state index contributed by atoms with van der Waals surface area (Å²) < 4.78 is 32.6. The van der Waals surface area contributed by atoms with Gasteiger partial charge in [0.15, 0.2) is 0 Å². The monoisotopic (exact) mass is 411 g/mol. The van der Waals surface area contributed by atoms with Gasteiger partial charge < -0.3 is 14.9 Å². The molecule has 146 valence electrons. The van der Waals surface area contributed by atoms with E-state index in [1.807, 2.05) is 11.4 Å². The molecule has 0 bridgehead atoms. The second-order valence-corrected chi connectivity index (χ2v) is 9.13. The SMILES string of the molecule is COc1ccc(S(=O)(=O)N2CCc3sccc3C(CCO)C2C(=O)O)cc1. The van der Waals surface area contributed by atoms with E-state index in [-0.39, 0.29) is 24.5 Å². The van der Waals surface area contributed by atoms with Crippen LogP contribution in [0.3, 0.4) is 0 Å². The van der Waals surface area contributed by atoms with Crippen molar-refractivity contribution in [1.82, 2.24) is 4.31 Å². The minimum atomic E-state index is -4.03. The Labute approximate surface area is 161 Å². The maximum atomic E-state index is 13.2. The minimum absolute atomic E-state index is 0.0163. The molecule has 0 fully saturated rings. The van der Waals surface area contributed by atoms with Crippen molar-refractivity contribution in [3.05, 3.63) is 46.2 Å². The summed E-state index contributed by atoms with van der Waals surface area (Å²) in [7, 11) is -2.55. The minimum Gasteiger partial charge on any atom is -0.497 e. The smallest absolute Gasteiger partial charge is 0.322 e. The Balaban J connectivity index is 2.06. The van der Waals surface area contributed by atoms with E-state index >= 15 is 0 Å². The van der Waals surface area contributed by atoms with Crippen molar-refractivity contribution in [2.75, 3.05) is 20.3 Å². The summed E-state index contributed by atoms with van der Waals surface area (Å²) in [6.45, 7) is -0.152. The molecule has 2 aromatic rings. The van der Waals surface area contributed by atoms with Crippen LogP contribution in [-0.2, 0) is 21.2 Å². The van der Waals surface area contributed by atoms with Gasteiger partial charge in [-0.1, -0.05) is 0 Å². The molecule has 2 N–H and O–H groups in total. The fourth-order valence-corrected chi connectivity index (χ4v) is 6.07. The van der Waals surface area contributed by atoms with Crippen molar-refractivity contribution in [3.8, 4) is 5.75 Å². The summed E-state index contributed by atoms with van der Waals surface area (Å²) >= 11 is 1.48. The first-order chi connectivity index (χ1) is 12.9. The van der Waals surface area contributed by atoms with Crippen LogP contribution >= 0.6 is 11.3 Å². The van der Waals surface area contributed by atoms with Gasteiger partial charge in [0, 0.05) is 23.9 Å². The van der Waals surface area contributed by atoms with Crippen LogP contribution in [0.2, 0.25) is 0 Å². The molecule has 0 saturated heterocycles. The van der Waals surface area contributed by atoms with Crippen LogP contribution < -0.4 is 4.74 Å². The number of rotatable bonds is 6. The number of aliphatic hydroxyl groups excluding tert-OH is 1. The van der Waals surface area contributed by atoms with Crippen LogP contribution in [-0.4, -0.2) is 55.2 Å². The van der Waals surface area contributed by atoms with Crippen LogP contribution in [0, 0.1) is 0 Å². The number of methoxy groups -OCH3 is 1. The Morgan fingerprint density at radius 3 is 2.59 bits per heavy atom. The van der Waals surface area contributed by atoms with Gasteiger partial charge in [0.05, 0.1) is 12.0 Å². The Morgan fingerprint density at radius 1 is 1.30 bits per heavy atom. The van der Waals surface area contributed by atoms with E-state index in [0.29, 0.717) is 12.2 Å². The topological polar surface area (TPSA) is 104 Å². The van der Waals surface area contributed by atoms with Crippen molar-refractivity contribution < 1.29 is 28.2 Å². The van der Waals surface area contributed by atoms with Crippen molar-refractivity contribution in [2.24, 2.45) is 0 Å². The van der Waals surface area contributed by atoms with Crippen molar-refractivity contribution in [2.45, 2.75) is 29.7 Å². The first-order valence-electron chi connectivity index (χ1n) is 8.46. The standard InChI is InChI=1S/C18H21NO6S2/c1-25-12-2-4-13(5-3-12)27(23,24)19-9-6-16-14(8-11-26-16)15(7-10-20)17(19)18(21)22/h2-5,8,11,15,17,20H,6-7,9-10H2,1H3,(H,21,22). The second-order valence-electron chi connectivity index (χ2n) is 6.24. The number of thiophene rings is 1. The molecule has 0 amide bonds. The van der Waals surface area contributed by atoms with E-state index < -0.39 is 28.0 Å². The number of hydrogen-bond donors (Lipinski definition) is 2. The third kappa shape index (κ3) is 3.73. The lowest BCUT2D eigenvalue weighted by molar-refractivity contribution is -0.142. The highest BCUT2D eigenvalue weighted by Gasteiger charge is 2.43. The van der Waals surface area contributed by atoms with Gasteiger partial charge in [0.2, 0.25) is 10.0 Å². The lowest BCUT2D eigenvalue weighted by Gasteiger charge is -2.31. The fraction of sp³-hybridized carbons (Fsp3) is 0.389. The van der Waals surface area contributed by atoms with Gasteiger partial charge in [0.25, 0.3) is 0 Å². The number of nitrogens with zero attached hydrogens (tertiary/aromatic N) is 1. The quantitative estimate of drug-likeness (QED) is 0.753. The largest absolute Gasteiger partial charge is 0.497 e. The predicted molar refractivity (Wildman–Crippen MR) is 101 cm³/mol. The number of ether oxygens (including phenoxy) is 1. The van der Waals surface area contributed by atoms with Crippen LogP contribution in [0.4, 0.5) is 0 Å². The summed E-state index contributed by atoms with van der Waals surface area (Å²) in [4.78, 5) is 13.1. The van der Waals surface area contributed by atoms with E-state index in [1.165, 1.54) is 42.7 Å². The number of carbonyl (C=O) groups is 1. The first-order valence-corrected chi connectivity index (χ1v) is 10.8. The van der Waals surface area contributed by atoms with Gasteiger partial charge in [-0.2, -0.15) is 4.31 Å². The molecule has 0 radical (unpaired) electrons. The molecule has 0 saturated carbocycles. The van der Waals surface area contributed by atoms with Gasteiger partial charge in [-0.05, 0) is 54.1 Å². The van der Waals surface area contributed by atoms with Crippen molar-refractivity contribution in [3.63, 3.8) is 0 Å². The van der Waals surface area contributed by atoms with Crippen molar-refractivity contribution >= 4 is 27.3 Å². The normalized spacial score (nSPS) is 20.7. The third-order valence-corrected chi connectivity index (χ3v) is 7.68. The van der Waals surface area contributed by atoms with E-state index in [2.05, 4.69) is 0 Å². The summed E-state index contributed by atoms with van der Waals surface area (Å²) in [5.74, 6) is -1.31. The molecule has 1 aromatic carbocycles. The Hall–Kier alpha value is -1.94. The number of sulfonamides is 1. The Kier molecular flexibility index (Phi) is 5.85. The van der Waals surface area contributed by atoms with Gasteiger partial charge in [-0.15, -0.1) is 11.3 Å².